The molecule has 2 aromatic carbocycles. The van der Waals surface area contributed by atoms with Gasteiger partial charge in [0.15, 0.2) is 0 Å². The van der Waals surface area contributed by atoms with E-state index in [4.69, 9.17) is 9.47 Å². The zero-order valence-corrected chi connectivity index (χ0v) is 31.5. The fraction of sp³-hybridized carbons (Fsp3) is 0.350. The number of allylic oxidation sites excluding steroid dienone is 4. The molecule has 278 valence electrons. The summed E-state index contributed by atoms with van der Waals surface area (Å²) in [5.41, 5.74) is 1.05. The zero-order chi connectivity index (χ0) is 40.5. The maximum absolute atomic E-state index is 12.7. The molecule has 0 spiro atoms. The second-order valence-corrected chi connectivity index (χ2v) is 12.6. The lowest BCUT2D eigenvalue weighted by Crippen LogP contribution is -2.48. The van der Waals surface area contributed by atoms with E-state index in [2.05, 4.69) is 22.5 Å². The molecular formula is C40H42N8O6. The Morgan fingerprint density at radius 1 is 0.648 bits per heavy atom. The van der Waals surface area contributed by atoms with Gasteiger partial charge in [-0.25, -0.2) is 9.59 Å². The Kier molecular flexibility index (Phi) is 16.5. The minimum atomic E-state index is -0.821. The van der Waals surface area contributed by atoms with Crippen LogP contribution in [0.5, 0.6) is 0 Å². The topological polar surface area (TPSA) is 212 Å². The molecule has 0 heterocycles. The highest BCUT2D eigenvalue weighted by Crippen LogP contribution is 2.30. The van der Waals surface area contributed by atoms with Gasteiger partial charge in [0.2, 0.25) is 11.8 Å². The average Bonchev–Trinajstić information content (AvgIpc) is 3.16. The fourth-order valence-electron chi connectivity index (χ4n) is 5.05. The summed E-state index contributed by atoms with van der Waals surface area (Å²) >= 11 is 0. The zero-order valence-electron chi connectivity index (χ0n) is 31.5. The number of rotatable bonds is 14. The number of carbonyl (C=O) groups excluding carboxylic acids is 4. The summed E-state index contributed by atoms with van der Waals surface area (Å²) in [4.78, 5) is 52.8. The summed E-state index contributed by atoms with van der Waals surface area (Å²) < 4.78 is 9.57. The first-order chi connectivity index (χ1) is 25.6. The number of nitrogens with zero attached hydrogens (tertiary/aromatic N) is 6. The lowest BCUT2D eigenvalue weighted by Gasteiger charge is -2.23. The first-order valence-corrected chi connectivity index (χ1v) is 16.6. The standard InChI is InChI=1S/C40H42N8O6/c1-25(2)37(39(51)53-7)45-34(49)23-47(5)31-14-9-27(10-15-31)11-18-33(29(19-41)20-42)36(30(21-43)22-44)28-12-16-32(17-13-28)48(6)24-35(50)46-38(26(3)4)40(52)54-8/h9-10,12-17,25-26,37-38H,23-24H2,1-8H3,(H,45,49)(H,46,50)/t37-,38-/m0/s1. The van der Waals surface area contributed by atoms with E-state index in [0.717, 1.165) is 0 Å². The number of methoxy groups -OCH3 is 2. The third-order valence-electron chi connectivity index (χ3n) is 8.07. The second kappa shape index (κ2) is 20.7. The van der Waals surface area contributed by atoms with Crippen molar-refractivity contribution >= 4 is 40.7 Å². The Hall–Kier alpha value is -7.08. The molecular weight excluding hydrogens is 688 g/mol. The second-order valence-electron chi connectivity index (χ2n) is 12.6. The van der Waals surface area contributed by atoms with Gasteiger partial charge in [-0.05, 0) is 53.8 Å². The van der Waals surface area contributed by atoms with E-state index in [9.17, 15) is 40.2 Å². The van der Waals surface area contributed by atoms with E-state index in [1.54, 1.807) is 112 Å². The molecule has 0 saturated heterocycles. The number of anilines is 2. The third-order valence-corrected chi connectivity index (χ3v) is 8.07. The molecule has 2 aromatic rings. The van der Waals surface area contributed by atoms with Crippen molar-refractivity contribution in [1.82, 2.24) is 10.6 Å². The van der Waals surface area contributed by atoms with Crippen LogP contribution in [0.2, 0.25) is 0 Å². The van der Waals surface area contributed by atoms with Crippen molar-refractivity contribution in [1.29, 1.82) is 21.0 Å². The van der Waals surface area contributed by atoms with E-state index in [1.165, 1.54) is 14.2 Å². The number of benzene rings is 2. The minimum absolute atomic E-state index is 0.0237. The maximum atomic E-state index is 12.7. The Morgan fingerprint density at radius 2 is 1.04 bits per heavy atom. The van der Waals surface area contributed by atoms with Gasteiger partial charge in [-0.3, -0.25) is 9.59 Å². The van der Waals surface area contributed by atoms with Crippen molar-refractivity contribution in [3.63, 3.8) is 0 Å². The Labute approximate surface area is 315 Å². The van der Waals surface area contributed by atoms with E-state index < -0.39 is 35.5 Å². The molecule has 2 rings (SSSR count). The molecule has 0 saturated carbocycles. The van der Waals surface area contributed by atoms with Crippen molar-refractivity contribution in [3.8, 4) is 36.1 Å². The number of nitrogens with one attached hydrogen (secondary N) is 2. The lowest BCUT2D eigenvalue weighted by atomic mass is 9.90. The van der Waals surface area contributed by atoms with Crippen LogP contribution in [0, 0.1) is 69.0 Å². The van der Waals surface area contributed by atoms with Gasteiger partial charge in [0.05, 0.1) is 32.9 Å². The number of likely N-dealkylation sites (N-methyl/N-ethyl adjacent to an activating group) is 2. The SMILES string of the molecule is COC(=O)[C@@H](NC(=O)CN(C)c1ccc(C#CC(=C(C#N)C#N)C(=C(C#N)C#N)c2ccc(N(C)CC(=O)N[C@H](C(=O)OC)C(C)C)cc2)cc1)C(C)C. The number of ether oxygens (including phenoxy) is 2. The minimum Gasteiger partial charge on any atom is -0.467 e. The van der Waals surface area contributed by atoms with Gasteiger partial charge in [-0.1, -0.05) is 51.7 Å². The average molecular weight is 731 g/mol. The molecule has 0 radical (unpaired) electrons. The molecule has 0 bridgehead atoms. The molecule has 0 fully saturated rings. The van der Waals surface area contributed by atoms with E-state index >= 15 is 0 Å². The molecule has 2 amide bonds. The largest absolute Gasteiger partial charge is 0.467 e. The Bertz CT molecular complexity index is 1980. The number of amides is 2. The van der Waals surface area contributed by atoms with Crippen LogP contribution in [-0.2, 0) is 28.7 Å². The molecule has 14 nitrogen and oxygen atoms in total. The van der Waals surface area contributed by atoms with Crippen LogP contribution in [0.4, 0.5) is 11.4 Å². The molecule has 0 aromatic heterocycles. The lowest BCUT2D eigenvalue weighted by molar-refractivity contribution is -0.146. The van der Waals surface area contributed by atoms with Crippen molar-refractivity contribution in [3.05, 3.63) is 76.4 Å². The van der Waals surface area contributed by atoms with Crippen LogP contribution in [-0.4, -0.2) is 77.2 Å². The predicted molar refractivity (Wildman–Crippen MR) is 200 cm³/mol. The maximum Gasteiger partial charge on any atom is 0.328 e. The first kappa shape index (κ1) is 43.1. The molecule has 54 heavy (non-hydrogen) atoms. The van der Waals surface area contributed by atoms with E-state index in [1.807, 2.05) is 12.1 Å². The highest BCUT2D eigenvalue weighted by molar-refractivity contribution is 5.93. The Balaban J connectivity index is 2.41. The van der Waals surface area contributed by atoms with Gasteiger partial charge in [0.1, 0.15) is 47.5 Å². The van der Waals surface area contributed by atoms with Gasteiger partial charge in [-0.15, -0.1) is 0 Å². The molecule has 2 atom stereocenters. The first-order valence-electron chi connectivity index (χ1n) is 16.6. The summed E-state index contributed by atoms with van der Waals surface area (Å²) in [5.74, 6) is 3.44. The van der Waals surface area contributed by atoms with Gasteiger partial charge in [0, 0.05) is 36.6 Å². The molecule has 0 aliphatic rings. The van der Waals surface area contributed by atoms with Gasteiger partial charge < -0.3 is 29.9 Å². The molecule has 0 aliphatic heterocycles. The summed E-state index contributed by atoms with van der Waals surface area (Å²) in [7, 11) is 5.86. The Morgan fingerprint density at radius 3 is 1.39 bits per heavy atom. The molecule has 14 heteroatoms. The number of hydrogen-bond acceptors (Lipinski definition) is 12. The molecule has 2 N–H and O–H groups in total. The van der Waals surface area contributed by atoms with Gasteiger partial charge in [-0.2, -0.15) is 21.0 Å². The summed E-state index contributed by atoms with van der Waals surface area (Å²) in [5, 5.41) is 44.8. The van der Waals surface area contributed by atoms with E-state index in [-0.39, 0.29) is 47.6 Å². The van der Waals surface area contributed by atoms with Crippen molar-refractivity contribution in [2.75, 3.05) is 51.2 Å². The number of hydrogen-bond donors (Lipinski definition) is 2. The highest BCUT2D eigenvalue weighted by atomic mass is 16.5. The molecule has 0 aliphatic carbocycles. The van der Waals surface area contributed by atoms with Gasteiger partial charge >= 0.3 is 11.9 Å². The van der Waals surface area contributed by atoms with Gasteiger partial charge in [0.25, 0.3) is 0 Å². The van der Waals surface area contributed by atoms with Crippen LogP contribution in [0.25, 0.3) is 5.57 Å². The van der Waals surface area contributed by atoms with Crippen molar-refractivity contribution < 1.29 is 28.7 Å². The third kappa shape index (κ3) is 11.7. The fourth-order valence-corrected chi connectivity index (χ4v) is 5.05. The highest BCUT2D eigenvalue weighted by Gasteiger charge is 2.26. The van der Waals surface area contributed by atoms with Crippen LogP contribution < -0.4 is 20.4 Å². The normalized spacial score (nSPS) is 11.0. The quantitative estimate of drug-likeness (QED) is 0.124. The van der Waals surface area contributed by atoms with Crippen molar-refractivity contribution in [2.45, 2.75) is 39.8 Å². The number of carbonyl (C=O) groups is 4. The predicted octanol–water partition coefficient (Wildman–Crippen LogP) is 3.38. The van der Waals surface area contributed by atoms with E-state index in [0.29, 0.717) is 22.5 Å². The molecule has 0 unspecified atom stereocenters. The number of esters is 2. The smallest absolute Gasteiger partial charge is 0.328 e. The van der Waals surface area contributed by atoms with Crippen LogP contribution >= 0.6 is 0 Å². The summed E-state index contributed by atoms with van der Waals surface area (Å²) in [6.07, 6.45) is 0. The van der Waals surface area contributed by atoms with Crippen LogP contribution in [0.3, 0.4) is 0 Å². The van der Waals surface area contributed by atoms with Crippen LogP contribution in [0.15, 0.2) is 65.3 Å². The monoisotopic (exact) mass is 730 g/mol. The van der Waals surface area contributed by atoms with Crippen molar-refractivity contribution in [2.24, 2.45) is 11.8 Å². The van der Waals surface area contributed by atoms with Crippen LogP contribution in [0.1, 0.15) is 38.8 Å². The number of nitriles is 4. The summed E-state index contributed by atoms with van der Waals surface area (Å²) in [6, 6.07) is 18.8. The summed E-state index contributed by atoms with van der Waals surface area (Å²) in [6.45, 7) is 6.98.